The molecule has 0 aliphatic rings. The summed E-state index contributed by atoms with van der Waals surface area (Å²) < 4.78 is 4.84. The molecule has 6 nitrogen and oxygen atoms in total. The third-order valence-electron chi connectivity index (χ3n) is 1.99. The average Bonchev–Trinajstić information content (AvgIpc) is 2.26. The van der Waals surface area contributed by atoms with Crippen LogP contribution in [0.4, 0.5) is 5.69 Å². The van der Waals surface area contributed by atoms with Gasteiger partial charge in [0.1, 0.15) is 12.2 Å². The minimum atomic E-state index is -1.25. The number of nitrogens with zero attached hydrogens (tertiary/aromatic N) is 1. The molecule has 84 valence electrons. The van der Waals surface area contributed by atoms with Gasteiger partial charge in [0.05, 0.1) is 19.4 Å². The van der Waals surface area contributed by atoms with Crippen LogP contribution in [0.15, 0.2) is 12.3 Å². The van der Waals surface area contributed by atoms with Crippen LogP contribution in [0.3, 0.4) is 0 Å². The zero-order valence-corrected chi connectivity index (χ0v) is 8.29. The summed E-state index contributed by atoms with van der Waals surface area (Å²) in [5.41, 5.74) is 6.16. The molecule has 2 atom stereocenters. The Morgan fingerprint density at radius 2 is 2.20 bits per heavy atom. The van der Waals surface area contributed by atoms with Crippen molar-refractivity contribution in [1.29, 1.82) is 0 Å². The third kappa shape index (κ3) is 2.56. The molecule has 15 heavy (non-hydrogen) atoms. The Labute approximate surface area is 86.9 Å². The van der Waals surface area contributed by atoms with E-state index in [0.717, 1.165) is 0 Å². The molecule has 1 heterocycles. The normalized spacial score (nSPS) is 14.7. The van der Waals surface area contributed by atoms with Crippen molar-refractivity contribution in [2.24, 2.45) is 0 Å². The van der Waals surface area contributed by atoms with Crippen LogP contribution in [0.25, 0.3) is 0 Å². The molecule has 2 unspecified atom stereocenters. The number of ether oxygens (including phenoxy) is 1. The van der Waals surface area contributed by atoms with Gasteiger partial charge in [-0.25, -0.2) is 4.98 Å². The predicted octanol–water partition coefficient (Wildman–Crippen LogP) is -0.941. The molecule has 6 heteroatoms. The summed E-state index contributed by atoms with van der Waals surface area (Å²) in [5.74, 6) is 0.254. The predicted molar refractivity (Wildman–Crippen MR) is 53.3 cm³/mol. The van der Waals surface area contributed by atoms with Crippen LogP contribution in [0.2, 0.25) is 0 Å². The summed E-state index contributed by atoms with van der Waals surface area (Å²) in [5, 5.41) is 27.4. The van der Waals surface area contributed by atoms with E-state index < -0.39 is 18.8 Å². The molecule has 0 amide bonds. The van der Waals surface area contributed by atoms with E-state index in [1.165, 1.54) is 19.4 Å². The van der Waals surface area contributed by atoms with Crippen LogP contribution in [-0.2, 0) is 0 Å². The fourth-order valence-electron chi connectivity index (χ4n) is 1.14. The zero-order chi connectivity index (χ0) is 11.4. The summed E-state index contributed by atoms with van der Waals surface area (Å²) in [6.07, 6.45) is -1.13. The number of hydrogen-bond donors (Lipinski definition) is 4. The lowest BCUT2D eigenvalue weighted by molar-refractivity contribution is -0.0154. The molecule has 0 aromatic carbocycles. The number of aromatic nitrogens is 1. The van der Waals surface area contributed by atoms with Gasteiger partial charge in [0.2, 0.25) is 5.88 Å². The number of nitrogens with two attached hydrogens (primary N) is 1. The second-order valence-electron chi connectivity index (χ2n) is 3.06. The fourth-order valence-corrected chi connectivity index (χ4v) is 1.14. The van der Waals surface area contributed by atoms with Crippen molar-refractivity contribution in [2.75, 3.05) is 19.5 Å². The van der Waals surface area contributed by atoms with Crippen LogP contribution in [-0.4, -0.2) is 40.1 Å². The molecular formula is C9H14N2O4. The number of aliphatic hydroxyl groups is 3. The lowest BCUT2D eigenvalue weighted by Crippen LogP contribution is -2.22. The number of anilines is 1. The zero-order valence-electron chi connectivity index (χ0n) is 8.29. The average molecular weight is 214 g/mol. The highest BCUT2D eigenvalue weighted by molar-refractivity contribution is 5.49. The second kappa shape index (κ2) is 4.92. The minimum absolute atomic E-state index is 0.254. The summed E-state index contributed by atoms with van der Waals surface area (Å²) in [6.45, 7) is -0.535. The molecule has 0 saturated heterocycles. The smallest absolute Gasteiger partial charge is 0.236 e. The Morgan fingerprint density at radius 3 is 2.67 bits per heavy atom. The van der Waals surface area contributed by atoms with Gasteiger partial charge >= 0.3 is 0 Å². The Balaban J connectivity index is 2.92. The van der Waals surface area contributed by atoms with Crippen LogP contribution in [0, 0.1) is 0 Å². The molecule has 0 aliphatic heterocycles. The summed E-state index contributed by atoms with van der Waals surface area (Å²) in [6, 6.07) is 1.44. The first-order valence-corrected chi connectivity index (χ1v) is 4.36. The maximum absolute atomic E-state index is 9.53. The van der Waals surface area contributed by atoms with E-state index in [4.69, 9.17) is 15.6 Å². The van der Waals surface area contributed by atoms with Gasteiger partial charge in [0.15, 0.2) is 0 Å². The summed E-state index contributed by atoms with van der Waals surface area (Å²) in [7, 11) is 1.43. The molecule has 0 bridgehead atoms. The third-order valence-corrected chi connectivity index (χ3v) is 1.99. The standard InChI is InChI=1S/C9H14N2O4/c1-15-9-6(10)2-5(3-11-9)8(14)7(13)4-12/h2-3,7-8,12-14H,4,10H2,1H3. The molecule has 0 radical (unpaired) electrons. The number of nitrogen functional groups attached to an aromatic ring is 1. The van der Waals surface area contributed by atoms with Gasteiger partial charge in [-0.1, -0.05) is 0 Å². The van der Waals surface area contributed by atoms with Crippen molar-refractivity contribution < 1.29 is 20.1 Å². The van der Waals surface area contributed by atoms with E-state index >= 15 is 0 Å². The van der Waals surface area contributed by atoms with Crippen molar-refractivity contribution in [3.8, 4) is 5.88 Å². The highest BCUT2D eigenvalue weighted by Gasteiger charge is 2.18. The van der Waals surface area contributed by atoms with E-state index in [1.54, 1.807) is 0 Å². The van der Waals surface area contributed by atoms with E-state index in [0.29, 0.717) is 5.56 Å². The fraction of sp³-hybridized carbons (Fsp3) is 0.444. The van der Waals surface area contributed by atoms with Crippen LogP contribution < -0.4 is 10.5 Å². The Bertz CT molecular complexity index is 332. The maximum Gasteiger partial charge on any atom is 0.236 e. The van der Waals surface area contributed by atoms with Crippen LogP contribution >= 0.6 is 0 Å². The molecule has 5 N–H and O–H groups in total. The lowest BCUT2D eigenvalue weighted by atomic mass is 10.1. The van der Waals surface area contributed by atoms with Crippen molar-refractivity contribution >= 4 is 5.69 Å². The largest absolute Gasteiger partial charge is 0.480 e. The van der Waals surface area contributed by atoms with E-state index in [9.17, 15) is 10.2 Å². The molecule has 1 aromatic rings. The molecule has 1 aromatic heterocycles. The number of methoxy groups -OCH3 is 1. The van der Waals surface area contributed by atoms with Gasteiger partial charge in [-0.05, 0) is 6.07 Å². The van der Waals surface area contributed by atoms with Gasteiger partial charge in [0.25, 0.3) is 0 Å². The maximum atomic E-state index is 9.53. The molecule has 0 fully saturated rings. The number of rotatable bonds is 4. The van der Waals surface area contributed by atoms with E-state index in [2.05, 4.69) is 4.98 Å². The van der Waals surface area contributed by atoms with Crippen LogP contribution in [0.5, 0.6) is 5.88 Å². The van der Waals surface area contributed by atoms with Gasteiger partial charge < -0.3 is 25.8 Å². The molecule has 0 spiro atoms. The van der Waals surface area contributed by atoms with E-state index in [1.807, 2.05) is 0 Å². The Hall–Kier alpha value is -1.37. The van der Waals surface area contributed by atoms with Gasteiger partial charge in [0, 0.05) is 11.8 Å². The van der Waals surface area contributed by atoms with Crippen molar-refractivity contribution in [3.05, 3.63) is 17.8 Å². The minimum Gasteiger partial charge on any atom is -0.480 e. The highest BCUT2D eigenvalue weighted by atomic mass is 16.5. The Morgan fingerprint density at radius 1 is 1.53 bits per heavy atom. The van der Waals surface area contributed by atoms with Gasteiger partial charge in [-0.15, -0.1) is 0 Å². The van der Waals surface area contributed by atoms with E-state index in [-0.39, 0.29) is 11.6 Å². The first kappa shape index (κ1) is 11.7. The summed E-state index contributed by atoms with van der Waals surface area (Å²) in [4.78, 5) is 3.83. The molecule has 0 saturated carbocycles. The quantitative estimate of drug-likeness (QED) is 0.515. The molecule has 1 rings (SSSR count). The van der Waals surface area contributed by atoms with Crippen molar-refractivity contribution in [3.63, 3.8) is 0 Å². The monoisotopic (exact) mass is 214 g/mol. The van der Waals surface area contributed by atoms with Gasteiger partial charge in [-0.3, -0.25) is 0 Å². The first-order chi connectivity index (χ1) is 7.10. The SMILES string of the molecule is COc1ncc(C(O)C(O)CO)cc1N. The molecule has 0 aliphatic carbocycles. The van der Waals surface area contributed by atoms with Crippen LogP contribution in [0.1, 0.15) is 11.7 Å². The Kier molecular flexibility index (Phi) is 3.84. The van der Waals surface area contributed by atoms with Crippen molar-refractivity contribution in [1.82, 2.24) is 4.98 Å². The highest BCUT2D eigenvalue weighted by Crippen LogP contribution is 2.23. The second-order valence-corrected chi connectivity index (χ2v) is 3.06. The summed E-state index contributed by atoms with van der Waals surface area (Å²) >= 11 is 0. The number of pyridine rings is 1. The first-order valence-electron chi connectivity index (χ1n) is 4.36. The van der Waals surface area contributed by atoms with Crippen molar-refractivity contribution in [2.45, 2.75) is 12.2 Å². The molecular weight excluding hydrogens is 200 g/mol. The topological polar surface area (TPSA) is 109 Å². The number of hydrogen-bond acceptors (Lipinski definition) is 6. The van der Waals surface area contributed by atoms with Gasteiger partial charge in [-0.2, -0.15) is 0 Å². The lowest BCUT2D eigenvalue weighted by Gasteiger charge is -2.16. The number of aliphatic hydroxyl groups excluding tert-OH is 3.